The van der Waals surface area contributed by atoms with Crippen LogP contribution < -0.4 is 15.4 Å². The van der Waals surface area contributed by atoms with Crippen molar-refractivity contribution in [3.05, 3.63) is 29.3 Å². The molecule has 5 nitrogen and oxygen atoms in total. The topological polar surface area (TPSA) is 59.6 Å². The molecule has 24 heavy (non-hydrogen) atoms. The number of piperidine rings is 1. The zero-order valence-corrected chi connectivity index (χ0v) is 14.6. The van der Waals surface area contributed by atoms with Gasteiger partial charge in [0.1, 0.15) is 5.75 Å². The van der Waals surface area contributed by atoms with Crippen LogP contribution in [0.25, 0.3) is 0 Å². The van der Waals surface area contributed by atoms with Crippen molar-refractivity contribution < 1.29 is 14.3 Å². The van der Waals surface area contributed by atoms with Crippen LogP contribution in [0.1, 0.15) is 32.1 Å². The van der Waals surface area contributed by atoms with Crippen LogP contribution in [0, 0.1) is 0 Å². The fraction of sp³-hybridized carbons (Fsp3) is 0.611. The molecule has 2 fully saturated rings. The Bertz CT molecular complexity index is 538. The molecular weight excluding hydrogens is 328 g/mol. The fourth-order valence-electron chi connectivity index (χ4n) is 3.27. The average molecular weight is 353 g/mol. The van der Waals surface area contributed by atoms with Crippen LogP contribution in [0.5, 0.6) is 5.75 Å². The van der Waals surface area contributed by atoms with E-state index in [-0.39, 0.29) is 12.0 Å². The van der Waals surface area contributed by atoms with Gasteiger partial charge in [-0.3, -0.25) is 4.79 Å². The Kier molecular flexibility index (Phi) is 5.98. The van der Waals surface area contributed by atoms with Crippen LogP contribution >= 0.6 is 11.6 Å². The van der Waals surface area contributed by atoms with Crippen molar-refractivity contribution in [2.75, 3.05) is 26.2 Å². The Morgan fingerprint density at radius 3 is 2.71 bits per heavy atom. The number of hydrogen-bond acceptors (Lipinski definition) is 4. The van der Waals surface area contributed by atoms with Crippen LogP contribution in [0.3, 0.4) is 0 Å². The van der Waals surface area contributed by atoms with Crippen LogP contribution in [0.4, 0.5) is 0 Å². The van der Waals surface area contributed by atoms with E-state index in [0.29, 0.717) is 30.2 Å². The van der Waals surface area contributed by atoms with Gasteiger partial charge in [-0.05, 0) is 56.6 Å². The van der Waals surface area contributed by atoms with Crippen LogP contribution in [-0.4, -0.2) is 43.9 Å². The smallest absolute Gasteiger partial charge is 0.264 e. The molecule has 0 saturated carbocycles. The molecule has 2 saturated heterocycles. The zero-order valence-electron chi connectivity index (χ0n) is 13.9. The number of rotatable bonds is 5. The lowest BCUT2D eigenvalue weighted by atomic mass is 9.90. The second kappa shape index (κ2) is 8.19. The summed E-state index contributed by atoms with van der Waals surface area (Å²) in [5.41, 5.74) is -0.826. The van der Waals surface area contributed by atoms with E-state index in [1.165, 1.54) is 0 Å². The lowest BCUT2D eigenvalue weighted by Crippen LogP contribution is -2.57. The molecule has 6 heteroatoms. The van der Waals surface area contributed by atoms with Gasteiger partial charge in [-0.15, -0.1) is 0 Å². The standard InChI is InChI=1S/C18H25ClN2O3/c19-14-4-6-15(7-5-14)24-18(8-10-20-11-9-18)17(22)21-13-16-3-1-2-12-23-16/h4-7,16,20H,1-3,8-13H2,(H,21,22)/t16-/m1/s1. The summed E-state index contributed by atoms with van der Waals surface area (Å²) in [6.45, 7) is 2.87. The van der Waals surface area contributed by atoms with E-state index >= 15 is 0 Å². The minimum atomic E-state index is -0.826. The highest BCUT2D eigenvalue weighted by Gasteiger charge is 2.42. The largest absolute Gasteiger partial charge is 0.477 e. The van der Waals surface area contributed by atoms with Crippen molar-refractivity contribution in [2.24, 2.45) is 0 Å². The van der Waals surface area contributed by atoms with E-state index in [0.717, 1.165) is 39.0 Å². The van der Waals surface area contributed by atoms with Gasteiger partial charge in [0.15, 0.2) is 5.60 Å². The third kappa shape index (κ3) is 4.41. The van der Waals surface area contributed by atoms with Gasteiger partial charge in [0.05, 0.1) is 6.10 Å². The molecule has 1 amide bonds. The van der Waals surface area contributed by atoms with E-state index in [2.05, 4.69) is 10.6 Å². The monoisotopic (exact) mass is 352 g/mol. The van der Waals surface area contributed by atoms with E-state index in [1.54, 1.807) is 12.1 Å². The van der Waals surface area contributed by atoms with Crippen LogP contribution in [0.15, 0.2) is 24.3 Å². The number of hydrogen-bond donors (Lipinski definition) is 2. The molecule has 1 aromatic carbocycles. The van der Waals surface area contributed by atoms with Crippen molar-refractivity contribution in [1.29, 1.82) is 0 Å². The maximum atomic E-state index is 12.9. The van der Waals surface area contributed by atoms with Crippen molar-refractivity contribution in [3.8, 4) is 5.75 Å². The highest BCUT2D eigenvalue weighted by molar-refractivity contribution is 6.30. The molecule has 0 spiro atoms. The zero-order chi connectivity index (χ0) is 16.8. The predicted octanol–water partition coefficient (Wildman–Crippen LogP) is 2.53. The number of amides is 1. The predicted molar refractivity (Wildman–Crippen MR) is 93.5 cm³/mol. The highest BCUT2D eigenvalue weighted by Crippen LogP contribution is 2.28. The summed E-state index contributed by atoms with van der Waals surface area (Å²) in [5.74, 6) is 0.624. The average Bonchev–Trinajstić information content (AvgIpc) is 2.63. The summed E-state index contributed by atoms with van der Waals surface area (Å²) >= 11 is 5.93. The maximum Gasteiger partial charge on any atom is 0.264 e. The molecule has 2 aliphatic heterocycles. The van der Waals surface area contributed by atoms with Gasteiger partial charge in [-0.2, -0.15) is 0 Å². The van der Waals surface area contributed by atoms with E-state index in [9.17, 15) is 4.79 Å². The van der Waals surface area contributed by atoms with Crippen molar-refractivity contribution >= 4 is 17.5 Å². The first-order valence-electron chi connectivity index (χ1n) is 8.73. The Balaban J connectivity index is 1.65. The molecule has 0 aliphatic carbocycles. The second-order valence-corrected chi connectivity index (χ2v) is 6.94. The third-order valence-corrected chi connectivity index (χ3v) is 4.97. The minimum absolute atomic E-state index is 0.0480. The second-order valence-electron chi connectivity index (χ2n) is 6.50. The Morgan fingerprint density at radius 1 is 1.29 bits per heavy atom. The number of carbonyl (C=O) groups is 1. The first-order valence-corrected chi connectivity index (χ1v) is 9.11. The molecule has 132 valence electrons. The SMILES string of the molecule is O=C(NC[C@H]1CCCCO1)C1(Oc2ccc(Cl)cc2)CCNCC1. The molecular formula is C18H25ClN2O3. The van der Waals surface area contributed by atoms with Gasteiger partial charge in [-0.1, -0.05) is 11.6 Å². The summed E-state index contributed by atoms with van der Waals surface area (Å²) in [7, 11) is 0. The van der Waals surface area contributed by atoms with E-state index in [4.69, 9.17) is 21.1 Å². The maximum absolute atomic E-state index is 12.9. The molecule has 0 bridgehead atoms. The summed E-state index contributed by atoms with van der Waals surface area (Å²) < 4.78 is 11.8. The van der Waals surface area contributed by atoms with Gasteiger partial charge in [0.25, 0.3) is 5.91 Å². The molecule has 0 radical (unpaired) electrons. The number of ether oxygens (including phenoxy) is 2. The van der Waals surface area contributed by atoms with Gasteiger partial charge in [0.2, 0.25) is 0 Å². The molecule has 0 aromatic heterocycles. The lowest BCUT2D eigenvalue weighted by molar-refractivity contribution is -0.140. The summed E-state index contributed by atoms with van der Waals surface area (Å²) in [6, 6.07) is 7.17. The molecule has 2 aliphatic rings. The van der Waals surface area contributed by atoms with Gasteiger partial charge in [-0.25, -0.2) is 0 Å². The summed E-state index contributed by atoms with van der Waals surface area (Å²) in [6.07, 6.45) is 4.70. The number of carbonyl (C=O) groups excluding carboxylic acids is 1. The molecule has 2 heterocycles. The van der Waals surface area contributed by atoms with E-state index < -0.39 is 5.60 Å². The molecule has 1 aromatic rings. The minimum Gasteiger partial charge on any atom is -0.477 e. The van der Waals surface area contributed by atoms with Crippen molar-refractivity contribution in [3.63, 3.8) is 0 Å². The lowest BCUT2D eigenvalue weighted by Gasteiger charge is -2.37. The summed E-state index contributed by atoms with van der Waals surface area (Å²) in [5, 5.41) is 6.99. The molecule has 3 rings (SSSR count). The van der Waals surface area contributed by atoms with Crippen molar-refractivity contribution in [2.45, 2.75) is 43.8 Å². The van der Waals surface area contributed by atoms with Crippen LogP contribution in [0.2, 0.25) is 5.02 Å². The first kappa shape index (κ1) is 17.5. The van der Waals surface area contributed by atoms with Crippen molar-refractivity contribution in [1.82, 2.24) is 10.6 Å². The first-order chi connectivity index (χ1) is 11.7. The van der Waals surface area contributed by atoms with Crippen LogP contribution in [-0.2, 0) is 9.53 Å². The summed E-state index contributed by atoms with van der Waals surface area (Å²) in [4.78, 5) is 12.9. The molecule has 1 atom stereocenters. The fourth-order valence-corrected chi connectivity index (χ4v) is 3.40. The number of nitrogens with one attached hydrogen (secondary N) is 2. The van der Waals surface area contributed by atoms with Gasteiger partial charge in [0, 0.05) is 31.0 Å². The highest BCUT2D eigenvalue weighted by atomic mass is 35.5. The normalized spacial score (nSPS) is 23.5. The molecule has 2 N–H and O–H groups in total. The molecule has 0 unspecified atom stereocenters. The van der Waals surface area contributed by atoms with Gasteiger partial charge < -0.3 is 20.1 Å². The van der Waals surface area contributed by atoms with Gasteiger partial charge >= 0.3 is 0 Å². The van der Waals surface area contributed by atoms with E-state index in [1.807, 2.05) is 12.1 Å². The number of benzene rings is 1. The Hall–Kier alpha value is -1.30. The number of halogens is 1. The Labute approximate surface area is 148 Å². The third-order valence-electron chi connectivity index (χ3n) is 4.72. The quantitative estimate of drug-likeness (QED) is 0.855. The Morgan fingerprint density at radius 2 is 2.04 bits per heavy atom.